The van der Waals surface area contributed by atoms with Crippen LogP contribution in [0, 0.1) is 0 Å². The molecule has 1 heterocycles. The Bertz CT molecular complexity index is 1340. The highest BCUT2D eigenvalue weighted by Crippen LogP contribution is 2.34. The molecule has 1 atom stereocenters. The van der Waals surface area contributed by atoms with Gasteiger partial charge in [-0.3, -0.25) is 4.79 Å². The number of aryl methyl sites for hydroxylation is 1. The lowest BCUT2D eigenvalue weighted by atomic mass is 10.1. The third kappa shape index (κ3) is 4.45. The minimum absolute atomic E-state index is 0.214. The highest BCUT2D eigenvalue weighted by atomic mass is 16.5. The summed E-state index contributed by atoms with van der Waals surface area (Å²) >= 11 is 0. The molecule has 4 aromatic rings. The van der Waals surface area contributed by atoms with E-state index in [1.165, 1.54) is 7.11 Å². The Morgan fingerprint density at radius 1 is 0.941 bits per heavy atom. The van der Waals surface area contributed by atoms with Gasteiger partial charge in [-0.2, -0.15) is 0 Å². The number of nitrogens with one attached hydrogen (secondary N) is 2. The lowest BCUT2D eigenvalue weighted by molar-refractivity contribution is 0.0600. The minimum Gasteiger partial charge on any atom is -0.497 e. The number of ether oxygens (including phenoxy) is 2. The van der Waals surface area contributed by atoms with Crippen LogP contribution in [-0.4, -0.2) is 30.7 Å². The molecule has 0 aliphatic carbocycles. The van der Waals surface area contributed by atoms with Crippen LogP contribution in [0.3, 0.4) is 0 Å². The lowest BCUT2D eigenvalue weighted by Crippen LogP contribution is -2.29. The fraction of sp³-hybridized carbons (Fsp3) is 0.185. The Hall–Kier alpha value is -4.26. The molecule has 0 saturated heterocycles. The summed E-state index contributed by atoms with van der Waals surface area (Å²) in [6.45, 7) is 1.91. The largest absolute Gasteiger partial charge is 0.497 e. The molecule has 174 valence electrons. The molecule has 3 aromatic carbocycles. The number of para-hydroxylation sites is 1. The van der Waals surface area contributed by atoms with E-state index in [2.05, 4.69) is 10.6 Å². The summed E-state index contributed by atoms with van der Waals surface area (Å²) < 4.78 is 12.0. The molecule has 2 N–H and O–H groups in total. The first-order valence-corrected chi connectivity index (χ1v) is 10.9. The van der Waals surface area contributed by atoms with Crippen LogP contribution < -0.4 is 15.4 Å². The molecule has 7 nitrogen and oxygen atoms in total. The third-order valence-corrected chi connectivity index (χ3v) is 5.84. The van der Waals surface area contributed by atoms with Gasteiger partial charge < -0.3 is 24.7 Å². The minimum atomic E-state index is -0.396. The predicted molar refractivity (Wildman–Crippen MR) is 133 cm³/mol. The Kier molecular flexibility index (Phi) is 6.54. The summed E-state index contributed by atoms with van der Waals surface area (Å²) in [5.74, 6) is 0.112. The monoisotopic (exact) mass is 457 g/mol. The van der Waals surface area contributed by atoms with E-state index in [0.29, 0.717) is 11.3 Å². The molecule has 1 aromatic heterocycles. The zero-order valence-electron chi connectivity index (χ0n) is 19.6. The molecule has 4 rings (SSSR count). The molecule has 0 radical (unpaired) electrons. The van der Waals surface area contributed by atoms with Crippen molar-refractivity contribution in [1.29, 1.82) is 0 Å². The van der Waals surface area contributed by atoms with Crippen LogP contribution in [0.15, 0.2) is 72.8 Å². The first-order valence-electron chi connectivity index (χ1n) is 10.9. The van der Waals surface area contributed by atoms with Crippen molar-refractivity contribution in [3.05, 3.63) is 89.6 Å². The quantitative estimate of drug-likeness (QED) is 0.373. The third-order valence-electron chi connectivity index (χ3n) is 5.84. The van der Waals surface area contributed by atoms with Crippen molar-refractivity contribution in [3.63, 3.8) is 0 Å². The first kappa shape index (κ1) is 22.9. The van der Waals surface area contributed by atoms with Crippen LogP contribution in [0.4, 0.5) is 11.4 Å². The van der Waals surface area contributed by atoms with Crippen molar-refractivity contribution in [1.82, 2.24) is 9.88 Å². The number of hydrogen-bond donors (Lipinski definition) is 2. The molecule has 0 fully saturated rings. The second-order valence-corrected chi connectivity index (χ2v) is 7.97. The molecule has 0 aliphatic rings. The smallest absolute Gasteiger partial charge is 0.337 e. The van der Waals surface area contributed by atoms with Gasteiger partial charge in [-0.15, -0.1) is 0 Å². The van der Waals surface area contributed by atoms with Crippen molar-refractivity contribution in [3.8, 4) is 5.75 Å². The Balaban J connectivity index is 1.66. The van der Waals surface area contributed by atoms with Crippen molar-refractivity contribution in [2.75, 3.05) is 19.5 Å². The van der Waals surface area contributed by atoms with Gasteiger partial charge in [0.25, 0.3) is 5.91 Å². The van der Waals surface area contributed by atoms with Gasteiger partial charge >= 0.3 is 5.97 Å². The van der Waals surface area contributed by atoms with Crippen LogP contribution >= 0.6 is 0 Å². The van der Waals surface area contributed by atoms with Crippen molar-refractivity contribution in [2.24, 2.45) is 7.05 Å². The zero-order chi connectivity index (χ0) is 24.2. The fourth-order valence-electron chi connectivity index (χ4n) is 4.00. The highest BCUT2D eigenvalue weighted by Gasteiger charge is 2.23. The second kappa shape index (κ2) is 9.70. The molecule has 34 heavy (non-hydrogen) atoms. The number of esters is 1. The molecule has 0 aliphatic heterocycles. The van der Waals surface area contributed by atoms with E-state index < -0.39 is 5.97 Å². The lowest BCUT2D eigenvalue weighted by Gasteiger charge is -2.17. The molecule has 0 spiro atoms. The van der Waals surface area contributed by atoms with E-state index >= 15 is 0 Å². The Morgan fingerprint density at radius 2 is 1.68 bits per heavy atom. The molecular formula is C27H27N3O4. The maximum atomic E-state index is 13.5. The fourth-order valence-corrected chi connectivity index (χ4v) is 4.00. The van der Waals surface area contributed by atoms with E-state index in [-0.39, 0.29) is 11.9 Å². The van der Waals surface area contributed by atoms with Crippen LogP contribution in [0.5, 0.6) is 5.75 Å². The standard InChI is InChI=1S/C27H27N3O4/c1-17(18-12-14-19(15-13-18)27(32)34-4)28-26(31)25-24(22-10-5-6-11-23(22)30(25)2)29-20-8-7-9-21(16-20)33-3/h5-17,29H,1-4H3,(H,28,31)/t17-/m0/s1. The van der Waals surface area contributed by atoms with Gasteiger partial charge in [0.2, 0.25) is 0 Å². The summed E-state index contributed by atoms with van der Waals surface area (Å²) in [6.07, 6.45) is 0. The van der Waals surface area contributed by atoms with E-state index in [1.54, 1.807) is 19.2 Å². The van der Waals surface area contributed by atoms with E-state index in [9.17, 15) is 9.59 Å². The molecule has 0 bridgehead atoms. The van der Waals surface area contributed by atoms with Crippen LogP contribution in [-0.2, 0) is 11.8 Å². The van der Waals surface area contributed by atoms with Crippen LogP contribution in [0.2, 0.25) is 0 Å². The van der Waals surface area contributed by atoms with E-state index in [4.69, 9.17) is 9.47 Å². The van der Waals surface area contributed by atoms with Crippen molar-refractivity contribution < 1.29 is 19.1 Å². The van der Waals surface area contributed by atoms with Gasteiger partial charge in [-0.05, 0) is 42.8 Å². The van der Waals surface area contributed by atoms with E-state index in [0.717, 1.165) is 33.6 Å². The molecular weight excluding hydrogens is 430 g/mol. The molecule has 0 unspecified atom stereocenters. The molecule has 7 heteroatoms. The van der Waals surface area contributed by atoms with Gasteiger partial charge in [0.05, 0.1) is 37.0 Å². The number of amides is 1. The Morgan fingerprint density at radius 3 is 2.38 bits per heavy atom. The molecule has 1 amide bonds. The number of carbonyl (C=O) groups is 2. The summed E-state index contributed by atoms with van der Waals surface area (Å²) in [7, 11) is 4.85. The van der Waals surface area contributed by atoms with Crippen molar-refractivity contribution in [2.45, 2.75) is 13.0 Å². The maximum Gasteiger partial charge on any atom is 0.337 e. The summed E-state index contributed by atoms with van der Waals surface area (Å²) in [4.78, 5) is 25.2. The highest BCUT2D eigenvalue weighted by molar-refractivity contribution is 6.09. The van der Waals surface area contributed by atoms with Gasteiger partial charge in [0.15, 0.2) is 0 Å². The topological polar surface area (TPSA) is 81.6 Å². The number of anilines is 2. The number of methoxy groups -OCH3 is 2. The number of fused-ring (bicyclic) bond motifs is 1. The first-order chi connectivity index (χ1) is 16.4. The van der Waals surface area contributed by atoms with E-state index in [1.807, 2.05) is 79.2 Å². The van der Waals surface area contributed by atoms with Gasteiger partial charge in [0.1, 0.15) is 11.4 Å². The van der Waals surface area contributed by atoms with Crippen LogP contribution in [0.1, 0.15) is 39.4 Å². The summed E-state index contributed by atoms with van der Waals surface area (Å²) in [6, 6.07) is 22.2. The number of benzene rings is 3. The van der Waals surface area contributed by atoms with Gasteiger partial charge in [-0.25, -0.2) is 4.79 Å². The zero-order valence-corrected chi connectivity index (χ0v) is 19.6. The predicted octanol–water partition coefficient (Wildman–Crippen LogP) is 5.21. The normalized spacial score (nSPS) is 11.6. The number of rotatable bonds is 7. The summed E-state index contributed by atoms with van der Waals surface area (Å²) in [5.41, 5.74) is 4.33. The second-order valence-electron chi connectivity index (χ2n) is 7.97. The van der Waals surface area contributed by atoms with Crippen molar-refractivity contribution >= 4 is 34.2 Å². The number of carbonyl (C=O) groups excluding carboxylic acids is 2. The average molecular weight is 458 g/mol. The van der Waals surface area contributed by atoms with Gasteiger partial charge in [-0.1, -0.05) is 36.4 Å². The van der Waals surface area contributed by atoms with Crippen LogP contribution in [0.25, 0.3) is 10.9 Å². The SMILES string of the molecule is COC(=O)c1ccc([C@H](C)NC(=O)c2c(Nc3cccc(OC)c3)c3ccccc3n2C)cc1. The maximum absolute atomic E-state index is 13.5. The average Bonchev–Trinajstić information content (AvgIpc) is 3.15. The number of nitrogens with zero attached hydrogens (tertiary/aromatic N) is 1. The Labute approximate surface area is 198 Å². The number of hydrogen-bond acceptors (Lipinski definition) is 5. The molecule has 0 saturated carbocycles. The van der Waals surface area contributed by atoms with Gasteiger partial charge in [0, 0.05) is 24.2 Å². The summed E-state index contributed by atoms with van der Waals surface area (Å²) in [5, 5.41) is 7.44. The number of aromatic nitrogens is 1.